The van der Waals surface area contributed by atoms with E-state index >= 15 is 0 Å². The van der Waals surface area contributed by atoms with E-state index in [0.717, 1.165) is 5.56 Å². The number of aromatic nitrogens is 5. The first-order valence-corrected chi connectivity index (χ1v) is 7.20. The molecule has 0 unspecified atom stereocenters. The lowest BCUT2D eigenvalue weighted by molar-refractivity contribution is 0.581. The van der Waals surface area contributed by atoms with Crippen LogP contribution in [0.15, 0.2) is 76.5 Å². The van der Waals surface area contributed by atoms with Crippen LogP contribution in [0.5, 0.6) is 0 Å². The first-order chi connectivity index (χ1) is 11.8. The second-order valence-electron chi connectivity index (χ2n) is 4.98. The molecule has 3 heterocycles. The Morgan fingerprint density at radius 3 is 2.42 bits per heavy atom. The topological polar surface area (TPSA) is 86.7 Å². The minimum atomic E-state index is -0.0697. The summed E-state index contributed by atoms with van der Waals surface area (Å²) in [5.41, 5.74) is 1.22. The second-order valence-corrected chi connectivity index (χ2v) is 4.98. The van der Waals surface area contributed by atoms with E-state index in [1.54, 1.807) is 29.4 Å². The number of pyridine rings is 1. The van der Waals surface area contributed by atoms with Gasteiger partial charge in [-0.15, -0.1) is 10.2 Å². The third-order valence-electron chi connectivity index (χ3n) is 3.35. The van der Waals surface area contributed by atoms with Crippen LogP contribution < -0.4 is 5.43 Å². The van der Waals surface area contributed by atoms with Crippen molar-refractivity contribution in [2.24, 2.45) is 0 Å². The van der Waals surface area contributed by atoms with Crippen molar-refractivity contribution in [2.45, 2.75) is 0 Å². The van der Waals surface area contributed by atoms with E-state index in [4.69, 9.17) is 4.42 Å². The first kappa shape index (κ1) is 14.0. The number of rotatable bonds is 3. The number of hydrogen-bond acceptors (Lipinski definition) is 6. The predicted octanol–water partition coefficient (Wildman–Crippen LogP) is 2.34. The molecule has 3 aromatic heterocycles. The van der Waals surface area contributed by atoms with Crippen molar-refractivity contribution in [3.8, 4) is 28.9 Å². The van der Waals surface area contributed by atoms with Crippen molar-refractivity contribution < 1.29 is 4.42 Å². The molecule has 4 aromatic rings. The van der Waals surface area contributed by atoms with E-state index in [9.17, 15) is 4.79 Å². The van der Waals surface area contributed by atoms with Gasteiger partial charge in [0.15, 0.2) is 11.2 Å². The Kier molecular flexibility index (Phi) is 3.43. The second kappa shape index (κ2) is 5.88. The standard InChI is InChI=1S/C17H11N5O2/c23-13-6-8-22(9-7-13)15-11-18-10-14(19-15)17-21-20-16(24-17)12-4-2-1-3-5-12/h1-11H. The van der Waals surface area contributed by atoms with Gasteiger partial charge in [0.2, 0.25) is 5.89 Å². The Morgan fingerprint density at radius 2 is 1.62 bits per heavy atom. The molecule has 0 atom stereocenters. The Labute approximate surface area is 136 Å². The maximum absolute atomic E-state index is 11.2. The largest absolute Gasteiger partial charge is 0.415 e. The molecule has 0 N–H and O–H groups in total. The maximum Gasteiger partial charge on any atom is 0.268 e. The van der Waals surface area contributed by atoms with Crippen molar-refractivity contribution in [2.75, 3.05) is 0 Å². The fourth-order valence-electron chi connectivity index (χ4n) is 2.17. The molecule has 0 saturated carbocycles. The average Bonchev–Trinajstić information content (AvgIpc) is 3.13. The summed E-state index contributed by atoms with van der Waals surface area (Å²) in [5.74, 6) is 1.25. The molecule has 0 aliphatic heterocycles. The van der Waals surface area contributed by atoms with Gasteiger partial charge in [-0.2, -0.15) is 0 Å². The van der Waals surface area contributed by atoms with Crippen molar-refractivity contribution in [3.63, 3.8) is 0 Å². The van der Waals surface area contributed by atoms with Gasteiger partial charge in [-0.25, -0.2) is 4.98 Å². The monoisotopic (exact) mass is 317 g/mol. The molecule has 0 fully saturated rings. The van der Waals surface area contributed by atoms with Crippen molar-refractivity contribution in [3.05, 3.63) is 77.5 Å². The van der Waals surface area contributed by atoms with Gasteiger partial charge in [-0.05, 0) is 12.1 Å². The van der Waals surface area contributed by atoms with E-state index in [-0.39, 0.29) is 11.3 Å². The smallest absolute Gasteiger partial charge is 0.268 e. The van der Waals surface area contributed by atoms with E-state index in [1.165, 1.54) is 12.1 Å². The van der Waals surface area contributed by atoms with E-state index in [1.807, 2.05) is 30.3 Å². The third kappa shape index (κ3) is 2.70. The van der Waals surface area contributed by atoms with Crippen LogP contribution in [0.3, 0.4) is 0 Å². The van der Waals surface area contributed by atoms with Gasteiger partial charge in [0.25, 0.3) is 5.89 Å². The Hall–Kier alpha value is -3.61. The van der Waals surface area contributed by atoms with Crippen LogP contribution in [0.4, 0.5) is 0 Å². The van der Waals surface area contributed by atoms with Gasteiger partial charge in [-0.1, -0.05) is 18.2 Å². The highest BCUT2D eigenvalue weighted by Gasteiger charge is 2.12. The fraction of sp³-hybridized carbons (Fsp3) is 0. The summed E-state index contributed by atoms with van der Waals surface area (Å²) in [7, 11) is 0. The lowest BCUT2D eigenvalue weighted by Gasteiger charge is -2.04. The van der Waals surface area contributed by atoms with Gasteiger partial charge in [0.1, 0.15) is 5.69 Å². The molecule has 0 bridgehead atoms. The zero-order valence-corrected chi connectivity index (χ0v) is 12.4. The summed E-state index contributed by atoms with van der Waals surface area (Å²) in [6.45, 7) is 0. The quantitative estimate of drug-likeness (QED) is 0.576. The van der Waals surface area contributed by atoms with Crippen LogP contribution in [0.25, 0.3) is 28.9 Å². The Bertz CT molecular complexity index is 1020. The van der Waals surface area contributed by atoms with E-state index in [2.05, 4.69) is 20.2 Å². The van der Waals surface area contributed by atoms with Gasteiger partial charge >= 0.3 is 0 Å². The lowest BCUT2D eigenvalue weighted by Crippen LogP contribution is -2.04. The van der Waals surface area contributed by atoms with Gasteiger partial charge < -0.3 is 8.98 Å². The van der Waals surface area contributed by atoms with Crippen molar-refractivity contribution >= 4 is 0 Å². The van der Waals surface area contributed by atoms with E-state index in [0.29, 0.717) is 17.4 Å². The molecule has 0 aliphatic rings. The summed E-state index contributed by atoms with van der Waals surface area (Å²) in [6.07, 6.45) is 6.38. The van der Waals surface area contributed by atoms with Crippen LogP contribution >= 0.6 is 0 Å². The number of benzene rings is 1. The van der Waals surface area contributed by atoms with Crippen LogP contribution in [0.2, 0.25) is 0 Å². The summed E-state index contributed by atoms with van der Waals surface area (Å²) in [6, 6.07) is 12.4. The molecule has 7 nitrogen and oxygen atoms in total. The highest BCUT2D eigenvalue weighted by atomic mass is 16.4. The lowest BCUT2D eigenvalue weighted by atomic mass is 10.2. The zero-order chi connectivity index (χ0) is 16.4. The highest BCUT2D eigenvalue weighted by Crippen LogP contribution is 2.22. The third-order valence-corrected chi connectivity index (χ3v) is 3.35. The summed E-state index contributed by atoms with van der Waals surface area (Å²) >= 11 is 0. The fourth-order valence-corrected chi connectivity index (χ4v) is 2.17. The zero-order valence-electron chi connectivity index (χ0n) is 12.4. The highest BCUT2D eigenvalue weighted by molar-refractivity contribution is 5.55. The molecule has 0 saturated heterocycles. The molecular formula is C17H11N5O2. The molecular weight excluding hydrogens is 306 g/mol. The summed E-state index contributed by atoms with van der Waals surface area (Å²) in [5, 5.41) is 8.08. The normalized spacial score (nSPS) is 10.7. The van der Waals surface area contributed by atoms with Crippen molar-refractivity contribution in [1.82, 2.24) is 24.7 Å². The van der Waals surface area contributed by atoms with Crippen LogP contribution in [0, 0.1) is 0 Å². The first-order valence-electron chi connectivity index (χ1n) is 7.20. The molecule has 1 aromatic carbocycles. The Morgan fingerprint density at radius 1 is 0.875 bits per heavy atom. The molecule has 7 heteroatoms. The Balaban J connectivity index is 1.70. The minimum Gasteiger partial charge on any atom is -0.415 e. The van der Waals surface area contributed by atoms with Gasteiger partial charge in [0.05, 0.1) is 12.4 Å². The average molecular weight is 317 g/mol. The summed E-state index contributed by atoms with van der Waals surface area (Å²) < 4.78 is 7.37. The molecule has 116 valence electrons. The summed E-state index contributed by atoms with van der Waals surface area (Å²) in [4.78, 5) is 19.8. The maximum atomic E-state index is 11.2. The minimum absolute atomic E-state index is 0.0697. The van der Waals surface area contributed by atoms with Crippen LogP contribution in [0.1, 0.15) is 0 Å². The molecule has 0 aliphatic carbocycles. The number of hydrogen-bond donors (Lipinski definition) is 0. The molecule has 0 spiro atoms. The molecule has 24 heavy (non-hydrogen) atoms. The molecule has 0 radical (unpaired) electrons. The van der Waals surface area contributed by atoms with Gasteiger partial charge in [-0.3, -0.25) is 9.78 Å². The van der Waals surface area contributed by atoms with E-state index < -0.39 is 0 Å². The molecule has 4 rings (SSSR count). The van der Waals surface area contributed by atoms with Crippen molar-refractivity contribution in [1.29, 1.82) is 0 Å². The van der Waals surface area contributed by atoms with Crippen LogP contribution in [-0.2, 0) is 0 Å². The number of nitrogens with zero attached hydrogens (tertiary/aromatic N) is 5. The SMILES string of the molecule is O=c1ccn(-c2cncc(-c3nnc(-c4ccccc4)o3)n2)cc1. The van der Waals surface area contributed by atoms with Crippen LogP contribution in [-0.4, -0.2) is 24.7 Å². The predicted molar refractivity (Wildman–Crippen MR) is 86.4 cm³/mol. The van der Waals surface area contributed by atoms with Gasteiger partial charge in [0, 0.05) is 30.1 Å². The molecule has 0 amide bonds.